The summed E-state index contributed by atoms with van der Waals surface area (Å²) < 4.78 is 0. The van der Waals surface area contributed by atoms with E-state index in [4.69, 9.17) is 0 Å². The van der Waals surface area contributed by atoms with Gasteiger partial charge in [0, 0.05) is 6.42 Å². The van der Waals surface area contributed by atoms with E-state index in [1.165, 1.54) is 5.56 Å². The van der Waals surface area contributed by atoms with E-state index in [1.54, 1.807) is 0 Å². The Labute approximate surface area is 97.3 Å². The Morgan fingerprint density at radius 1 is 1.25 bits per heavy atom. The maximum absolute atomic E-state index is 11.5. The van der Waals surface area contributed by atoms with Crippen LogP contribution in [0, 0.1) is 5.92 Å². The van der Waals surface area contributed by atoms with Gasteiger partial charge in [-0.2, -0.15) is 0 Å². The molecule has 0 spiro atoms. The third-order valence-electron chi connectivity index (χ3n) is 2.69. The molecule has 0 saturated heterocycles. The number of benzene rings is 1. The lowest BCUT2D eigenvalue weighted by atomic mass is 9.98. The van der Waals surface area contributed by atoms with E-state index in [9.17, 15) is 9.90 Å². The van der Waals surface area contributed by atoms with Crippen LogP contribution in [-0.4, -0.2) is 17.0 Å². The molecule has 2 heteroatoms. The molecule has 1 atom stereocenters. The van der Waals surface area contributed by atoms with Crippen LogP contribution >= 0.6 is 0 Å². The largest absolute Gasteiger partial charge is 0.385 e. The van der Waals surface area contributed by atoms with Gasteiger partial charge >= 0.3 is 0 Å². The van der Waals surface area contributed by atoms with E-state index in [-0.39, 0.29) is 11.7 Å². The van der Waals surface area contributed by atoms with Crippen LogP contribution in [0.2, 0.25) is 0 Å². The summed E-state index contributed by atoms with van der Waals surface area (Å²) >= 11 is 0. The van der Waals surface area contributed by atoms with Gasteiger partial charge in [-0.3, -0.25) is 4.79 Å². The van der Waals surface area contributed by atoms with Gasteiger partial charge in [0.15, 0.2) is 5.78 Å². The molecule has 0 saturated carbocycles. The Kier molecular flexibility index (Phi) is 5.20. The fraction of sp³-hybridized carbons (Fsp3) is 0.500. The van der Waals surface area contributed by atoms with Crippen LogP contribution in [0.4, 0.5) is 0 Å². The standard InChI is InChI=1S/C14H20O2/c1-11(2)14(16)13(15)10-6-9-12-7-4-3-5-8-12/h3-5,7-8,11,14,16H,6,9-10H2,1-2H3. The molecule has 0 aliphatic carbocycles. The number of Topliss-reactive ketones (excluding diaryl/α,β-unsaturated/α-hetero) is 1. The van der Waals surface area contributed by atoms with Crippen molar-refractivity contribution >= 4 is 5.78 Å². The molecule has 0 bridgehead atoms. The lowest BCUT2D eigenvalue weighted by Crippen LogP contribution is -2.25. The van der Waals surface area contributed by atoms with Crippen LogP contribution in [-0.2, 0) is 11.2 Å². The van der Waals surface area contributed by atoms with Gasteiger partial charge in [0.25, 0.3) is 0 Å². The molecule has 1 rings (SSSR count). The van der Waals surface area contributed by atoms with Crippen molar-refractivity contribution in [2.24, 2.45) is 5.92 Å². The van der Waals surface area contributed by atoms with Crippen molar-refractivity contribution in [3.05, 3.63) is 35.9 Å². The SMILES string of the molecule is CC(C)C(O)C(=O)CCCc1ccccc1. The van der Waals surface area contributed by atoms with Gasteiger partial charge in [-0.15, -0.1) is 0 Å². The van der Waals surface area contributed by atoms with Gasteiger partial charge in [0.05, 0.1) is 0 Å². The lowest BCUT2D eigenvalue weighted by molar-refractivity contribution is -0.129. The highest BCUT2D eigenvalue weighted by Crippen LogP contribution is 2.09. The Morgan fingerprint density at radius 2 is 1.88 bits per heavy atom. The Hall–Kier alpha value is -1.15. The second-order valence-electron chi connectivity index (χ2n) is 4.49. The van der Waals surface area contributed by atoms with Crippen LogP contribution in [0.5, 0.6) is 0 Å². The third kappa shape index (κ3) is 4.15. The van der Waals surface area contributed by atoms with E-state index in [0.717, 1.165) is 12.8 Å². The molecule has 1 N–H and O–H groups in total. The van der Waals surface area contributed by atoms with Crippen LogP contribution in [0.3, 0.4) is 0 Å². The number of aliphatic hydroxyl groups excluding tert-OH is 1. The van der Waals surface area contributed by atoms with Gasteiger partial charge in [-0.25, -0.2) is 0 Å². The van der Waals surface area contributed by atoms with Crippen molar-refractivity contribution in [3.63, 3.8) is 0 Å². The minimum Gasteiger partial charge on any atom is -0.385 e. The van der Waals surface area contributed by atoms with Crippen LogP contribution in [0.15, 0.2) is 30.3 Å². The summed E-state index contributed by atoms with van der Waals surface area (Å²) in [7, 11) is 0. The number of carbonyl (C=O) groups excluding carboxylic acids is 1. The van der Waals surface area contributed by atoms with E-state index in [2.05, 4.69) is 12.1 Å². The second kappa shape index (κ2) is 6.44. The lowest BCUT2D eigenvalue weighted by Gasteiger charge is -2.12. The van der Waals surface area contributed by atoms with Gasteiger partial charge in [-0.05, 0) is 24.3 Å². The first-order valence-electron chi connectivity index (χ1n) is 5.86. The number of hydrogen-bond acceptors (Lipinski definition) is 2. The van der Waals surface area contributed by atoms with E-state index < -0.39 is 6.10 Å². The van der Waals surface area contributed by atoms with Crippen molar-refractivity contribution in [1.82, 2.24) is 0 Å². The summed E-state index contributed by atoms with van der Waals surface area (Å²) in [5.74, 6) is -0.0184. The summed E-state index contributed by atoms with van der Waals surface area (Å²) in [4.78, 5) is 11.5. The monoisotopic (exact) mass is 220 g/mol. The highest BCUT2D eigenvalue weighted by atomic mass is 16.3. The van der Waals surface area contributed by atoms with Crippen molar-refractivity contribution < 1.29 is 9.90 Å². The number of aryl methyl sites for hydroxylation is 1. The second-order valence-corrected chi connectivity index (χ2v) is 4.49. The molecule has 0 fully saturated rings. The summed E-state index contributed by atoms with van der Waals surface area (Å²) in [6.07, 6.45) is 1.38. The average molecular weight is 220 g/mol. The smallest absolute Gasteiger partial charge is 0.161 e. The molecule has 0 aliphatic rings. The van der Waals surface area contributed by atoms with Gasteiger partial charge in [-0.1, -0.05) is 44.2 Å². The topological polar surface area (TPSA) is 37.3 Å². The molecule has 1 aromatic carbocycles. The molecule has 0 aliphatic heterocycles. The van der Waals surface area contributed by atoms with Crippen molar-refractivity contribution in [2.45, 2.75) is 39.2 Å². The Bertz CT molecular complexity index is 317. The van der Waals surface area contributed by atoms with E-state index in [1.807, 2.05) is 32.0 Å². The average Bonchev–Trinajstić information content (AvgIpc) is 2.29. The molecule has 0 aromatic heterocycles. The fourth-order valence-electron chi connectivity index (χ4n) is 1.63. The van der Waals surface area contributed by atoms with Crippen LogP contribution in [0.1, 0.15) is 32.3 Å². The highest BCUT2D eigenvalue weighted by molar-refractivity contribution is 5.82. The number of hydrogen-bond donors (Lipinski definition) is 1. The zero-order chi connectivity index (χ0) is 12.0. The number of ketones is 1. The highest BCUT2D eigenvalue weighted by Gasteiger charge is 2.17. The number of rotatable bonds is 6. The zero-order valence-electron chi connectivity index (χ0n) is 10.0. The molecule has 16 heavy (non-hydrogen) atoms. The number of carbonyl (C=O) groups is 1. The molecular weight excluding hydrogens is 200 g/mol. The number of aliphatic hydroxyl groups is 1. The molecule has 88 valence electrons. The van der Waals surface area contributed by atoms with Crippen LogP contribution < -0.4 is 0 Å². The predicted octanol–water partition coefficient (Wildman–Crippen LogP) is 2.60. The summed E-state index contributed by atoms with van der Waals surface area (Å²) in [6, 6.07) is 10.1. The summed E-state index contributed by atoms with van der Waals surface area (Å²) in [6.45, 7) is 3.72. The summed E-state index contributed by atoms with van der Waals surface area (Å²) in [5, 5.41) is 9.54. The Morgan fingerprint density at radius 3 is 2.44 bits per heavy atom. The molecular formula is C14H20O2. The van der Waals surface area contributed by atoms with Gasteiger partial charge in [0.2, 0.25) is 0 Å². The molecule has 0 radical (unpaired) electrons. The van der Waals surface area contributed by atoms with E-state index >= 15 is 0 Å². The Balaban J connectivity index is 2.28. The summed E-state index contributed by atoms with van der Waals surface area (Å²) in [5.41, 5.74) is 1.24. The zero-order valence-corrected chi connectivity index (χ0v) is 10.0. The normalized spacial score (nSPS) is 12.8. The first-order chi connectivity index (χ1) is 7.61. The molecule has 0 amide bonds. The molecule has 0 heterocycles. The molecule has 1 unspecified atom stereocenters. The first kappa shape index (κ1) is 12.9. The minimum absolute atomic E-state index is 0.0178. The third-order valence-corrected chi connectivity index (χ3v) is 2.69. The quantitative estimate of drug-likeness (QED) is 0.800. The van der Waals surface area contributed by atoms with Gasteiger partial charge < -0.3 is 5.11 Å². The fourth-order valence-corrected chi connectivity index (χ4v) is 1.63. The van der Waals surface area contributed by atoms with Crippen LogP contribution in [0.25, 0.3) is 0 Å². The van der Waals surface area contributed by atoms with E-state index in [0.29, 0.717) is 6.42 Å². The van der Waals surface area contributed by atoms with Crippen molar-refractivity contribution in [1.29, 1.82) is 0 Å². The van der Waals surface area contributed by atoms with Crippen molar-refractivity contribution in [3.8, 4) is 0 Å². The maximum atomic E-state index is 11.5. The minimum atomic E-state index is -0.796. The predicted molar refractivity (Wildman–Crippen MR) is 65.2 cm³/mol. The molecule has 1 aromatic rings. The molecule has 2 nitrogen and oxygen atoms in total. The maximum Gasteiger partial charge on any atom is 0.161 e. The first-order valence-corrected chi connectivity index (χ1v) is 5.86. The van der Waals surface area contributed by atoms with Crippen molar-refractivity contribution in [2.75, 3.05) is 0 Å². The van der Waals surface area contributed by atoms with Gasteiger partial charge in [0.1, 0.15) is 6.10 Å².